The fourth-order valence-electron chi connectivity index (χ4n) is 1.96. The predicted octanol–water partition coefficient (Wildman–Crippen LogP) is 1.91. The van der Waals surface area contributed by atoms with Gasteiger partial charge in [-0.05, 0) is 56.2 Å². The first kappa shape index (κ1) is 8.82. The number of H-pyrrole nitrogens is 1. The third-order valence-corrected chi connectivity index (χ3v) is 3.38. The van der Waals surface area contributed by atoms with Gasteiger partial charge in [-0.1, -0.05) is 0 Å². The van der Waals surface area contributed by atoms with Crippen molar-refractivity contribution in [2.45, 2.75) is 33.1 Å². The molecule has 0 radical (unpaired) electrons. The van der Waals surface area contributed by atoms with Crippen LogP contribution in [0, 0.1) is 19.3 Å². The molecule has 2 nitrogen and oxygen atoms in total. The molecule has 13 heavy (non-hydrogen) atoms. The van der Waals surface area contributed by atoms with Crippen LogP contribution < -0.4 is 5.73 Å². The number of hydrogen-bond donors (Lipinski definition) is 2. The molecule has 1 aliphatic rings. The van der Waals surface area contributed by atoms with Crippen molar-refractivity contribution in [3.05, 3.63) is 23.0 Å². The van der Waals surface area contributed by atoms with Crippen molar-refractivity contribution < 1.29 is 0 Å². The molecule has 0 bridgehead atoms. The lowest BCUT2D eigenvalue weighted by Gasteiger charge is -2.12. The maximum Gasteiger partial charge on any atom is 0.0151 e. The third-order valence-electron chi connectivity index (χ3n) is 3.38. The topological polar surface area (TPSA) is 41.8 Å². The van der Waals surface area contributed by atoms with Crippen LogP contribution in [-0.2, 0) is 6.42 Å². The van der Waals surface area contributed by atoms with E-state index in [0.29, 0.717) is 5.41 Å². The lowest BCUT2D eigenvalue weighted by Crippen LogP contribution is -2.18. The third kappa shape index (κ3) is 1.51. The molecule has 2 rings (SSSR count). The minimum Gasteiger partial charge on any atom is -0.365 e. The standard InChI is InChI=1S/C11H18N2/c1-8-6-13-9(2)10(8)5-11(7-12)3-4-11/h6,13H,3-5,7,12H2,1-2H3. The van der Waals surface area contributed by atoms with Gasteiger partial charge in [-0.2, -0.15) is 0 Å². The van der Waals surface area contributed by atoms with E-state index >= 15 is 0 Å². The van der Waals surface area contributed by atoms with Crippen LogP contribution >= 0.6 is 0 Å². The number of nitrogens with two attached hydrogens (primary N) is 1. The van der Waals surface area contributed by atoms with Gasteiger partial charge in [-0.3, -0.25) is 0 Å². The first-order valence-corrected chi connectivity index (χ1v) is 5.00. The molecule has 2 heteroatoms. The van der Waals surface area contributed by atoms with E-state index in [1.54, 1.807) is 0 Å². The van der Waals surface area contributed by atoms with E-state index in [4.69, 9.17) is 5.73 Å². The molecule has 1 fully saturated rings. The zero-order valence-corrected chi connectivity index (χ0v) is 8.48. The molecule has 1 aromatic heterocycles. The van der Waals surface area contributed by atoms with Crippen molar-refractivity contribution >= 4 is 0 Å². The van der Waals surface area contributed by atoms with Crippen LogP contribution in [0.2, 0.25) is 0 Å². The van der Waals surface area contributed by atoms with Crippen molar-refractivity contribution in [3.8, 4) is 0 Å². The van der Waals surface area contributed by atoms with E-state index in [-0.39, 0.29) is 0 Å². The summed E-state index contributed by atoms with van der Waals surface area (Å²) in [7, 11) is 0. The van der Waals surface area contributed by atoms with Gasteiger partial charge in [-0.15, -0.1) is 0 Å². The van der Waals surface area contributed by atoms with Crippen LogP contribution in [0.1, 0.15) is 29.7 Å². The average molecular weight is 178 g/mol. The van der Waals surface area contributed by atoms with Crippen molar-refractivity contribution in [1.82, 2.24) is 4.98 Å². The molecule has 1 heterocycles. The van der Waals surface area contributed by atoms with Gasteiger partial charge >= 0.3 is 0 Å². The van der Waals surface area contributed by atoms with Crippen LogP contribution in [0.4, 0.5) is 0 Å². The number of aromatic amines is 1. The molecule has 1 saturated carbocycles. The quantitative estimate of drug-likeness (QED) is 0.729. The largest absolute Gasteiger partial charge is 0.365 e. The molecule has 72 valence electrons. The van der Waals surface area contributed by atoms with Gasteiger partial charge < -0.3 is 10.7 Å². The Morgan fingerprint density at radius 3 is 2.54 bits per heavy atom. The van der Waals surface area contributed by atoms with Gasteiger partial charge in [0.05, 0.1) is 0 Å². The second-order valence-electron chi connectivity index (χ2n) is 4.46. The van der Waals surface area contributed by atoms with E-state index in [0.717, 1.165) is 6.54 Å². The van der Waals surface area contributed by atoms with Crippen LogP contribution in [0.3, 0.4) is 0 Å². The second kappa shape index (κ2) is 2.88. The highest BCUT2D eigenvalue weighted by atomic mass is 14.7. The summed E-state index contributed by atoms with van der Waals surface area (Å²) < 4.78 is 0. The summed E-state index contributed by atoms with van der Waals surface area (Å²) in [5.74, 6) is 0. The Kier molecular flexibility index (Phi) is 1.95. The normalized spacial score (nSPS) is 19.0. The lowest BCUT2D eigenvalue weighted by molar-refractivity contribution is 0.519. The summed E-state index contributed by atoms with van der Waals surface area (Å²) in [6, 6.07) is 0. The first-order valence-electron chi connectivity index (χ1n) is 5.00. The molecule has 0 amide bonds. The molecular formula is C11H18N2. The minimum atomic E-state index is 0.456. The average Bonchev–Trinajstić information content (AvgIpc) is 2.84. The summed E-state index contributed by atoms with van der Waals surface area (Å²) >= 11 is 0. The van der Waals surface area contributed by atoms with Crippen LogP contribution in [0.15, 0.2) is 6.20 Å². The summed E-state index contributed by atoms with van der Waals surface area (Å²) in [6.45, 7) is 5.16. The fourth-order valence-corrected chi connectivity index (χ4v) is 1.96. The maximum atomic E-state index is 5.78. The van der Waals surface area contributed by atoms with Gasteiger partial charge in [0, 0.05) is 11.9 Å². The zero-order valence-electron chi connectivity index (χ0n) is 8.48. The van der Waals surface area contributed by atoms with Crippen molar-refractivity contribution in [2.75, 3.05) is 6.54 Å². The van der Waals surface area contributed by atoms with Crippen LogP contribution in [0.25, 0.3) is 0 Å². The molecule has 0 atom stereocenters. The summed E-state index contributed by atoms with van der Waals surface area (Å²) in [5.41, 5.74) is 10.4. The van der Waals surface area contributed by atoms with E-state index in [1.165, 1.54) is 36.1 Å². The van der Waals surface area contributed by atoms with Crippen molar-refractivity contribution in [3.63, 3.8) is 0 Å². The molecule has 1 aromatic rings. The Hall–Kier alpha value is -0.760. The van der Waals surface area contributed by atoms with Crippen LogP contribution in [-0.4, -0.2) is 11.5 Å². The Balaban J connectivity index is 2.17. The van der Waals surface area contributed by atoms with E-state index in [9.17, 15) is 0 Å². The number of nitrogens with one attached hydrogen (secondary N) is 1. The first-order chi connectivity index (χ1) is 6.17. The van der Waals surface area contributed by atoms with Gasteiger partial charge in [0.2, 0.25) is 0 Å². The smallest absolute Gasteiger partial charge is 0.0151 e. The highest BCUT2D eigenvalue weighted by Crippen LogP contribution is 2.47. The molecular weight excluding hydrogens is 160 g/mol. The Morgan fingerprint density at radius 2 is 2.15 bits per heavy atom. The van der Waals surface area contributed by atoms with Gasteiger partial charge in [0.25, 0.3) is 0 Å². The Morgan fingerprint density at radius 1 is 1.46 bits per heavy atom. The second-order valence-corrected chi connectivity index (χ2v) is 4.46. The lowest BCUT2D eigenvalue weighted by atomic mass is 9.95. The SMILES string of the molecule is Cc1c[nH]c(C)c1CC1(CN)CC1. The van der Waals surface area contributed by atoms with Crippen molar-refractivity contribution in [1.29, 1.82) is 0 Å². The van der Waals surface area contributed by atoms with E-state index in [2.05, 4.69) is 25.0 Å². The minimum absolute atomic E-state index is 0.456. The molecule has 0 aromatic carbocycles. The van der Waals surface area contributed by atoms with Gasteiger partial charge in [-0.25, -0.2) is 0 Å². The highest BCUT2D eigenvalue weighted by molar-refractivity contribution is 5.31. The molecule has 0 aliphatic heterocycles. The van der Waals surface area contributed by atoms with E-state index < -0.39 is 0 Å². The molecule has 0 spiro atoms. The van der Waals surface area contributed by atoms with E-state index in [1.807, 2.05) is 0 Å². The number of rotatable bonds is 3. The summed E-state index contributed by atoms with van der Waals surface area (Å²) in [6.07, 6.45) is 5.89. The summed E-state index contributed by atoms with van der Waals surface area (Å²) in [5, 5.41) is 0. The summed E-state index contributed by atoms with van der Waals surface area (Å²) in [4.78, 5) is 3.27. The van der Waals surface area contributed by atoms with Gasteiger partial charge in [0.1, 0.15) is 0 Å². The Labute approximate surface area is 79.5 Å². The van der Waals surface area contributed by atoms with Crippen molar-refractivity contribution in [2.24, 2.45) is 11.1 Å². The Bertz CT molecular complexity index is 288. The molecule has 0 unspecified atom stereocenters. The molecule has 3 N–H and O–H groups in total. The number of hydrogen-bond acceptors (Lipinski definition) is 1. The number of aromatic nitrogens is 1. The predicted molar refractivity (Wildman–Crippen MR) is 54.7 cm³/mol. The highest BCUT2D eigenvalue weighted by Gasteiger charge is 2.41. The monoisotopic (exact) mass is 178 g/mol. The molecule has 0 saturated heterocycles. The van der Waals surface area contributed by atoms with Crippen LogP contribution in [0.5, 0.6) is 0 Å². The van der Waals surface area contributed by atoms with Gasteiger partial charge in [0.15, 0.2) is 0 Å². The maximum absolute atomic E-state index is 5.78. The number of aryl methyl sites for hydroxylation is 2. The molecule has 1 aliphatic carbocycles. The zero-order chi connectivity index (χ0) is 9.47. The fraction of sp³-hybridized carbons (Fsp3) is 0.636.